The number of rotatable bonds is 6. The fourth-order valence-electron chi connectivity index (χ4n) is 4.14. The molecule has 3 aromatic rings. The van der Waals surface area contributed by atoms with Crippen molar-refractivity contribution in [3.05, 3.63) is 36.2 Å². The van der Waals surface area contributed by atoms with Gasteiger partial charge in [0.15, 0.2) is 28.6 Å². The van der Waals surface area contributed by atoms with Crippen LogP contribution in [-0.2, 0) is 28.5 Å². The number of nitrogens with zero attached hydrogens (tertiary/aromatic N) is 4. The molecule has 2 fully saturated rings. The average molecular weight is 508 g/mol. The first kappa shape index (κ1) is 23.5. The summed E-state index contributed by atoms with van der Waals surface area (Å²) in [5.41, 5.74) is 7.94. The van der Waals surface area contributed by atoms with E-state index in [0.717, 1.165) is 5.56 Å². The van der Waals surface area contributed by atoms with Gasteiger partial charge in [0.1, 0.15) is 23.8 Å². The van der Waals surface area contributed by atoms with Crippen molar-refractivity contribution in [2.45, 2.75) is 61.2 Å². The van der Waals surface area contributed by atoms with Crippen LogP contribution in [0, 0.1) is 6.92 Å². The molecule has 0 saturated carbocycles. The van der Waals surface area contributed by atoms with E-state index in [4.69, 9.17) is 24.1 Å². The van der Waals surface area contributed by atoms with Crippen molar-refractivity contribution in [1.29, 1.82) is 0 Å². The molecule has 4 heterocycles. The van der Waals surface area contributed by atoms with E-state index in [-0.39, 0.29) is 17.3 Å². The molecule has 2 saturated heterocycles. The first-order valence-electron chi connectivity index (χ1n) is 10.6. The molecule has 1 aromatic carbocycles. The predicted molar refractivity (Wildman–Crippen MR) is 124 cm³/mol. The average Bonchev–Trinajstić information content (AvgIpc) is 3.43. The summed E-state index contributed by atoms with van der Waals surface area (Å²) in [4.78, 5) is 13.2. The van der Waals surface area contributed by atoms with E-state index in [2.05, 4.69) is 15.0 Å². The molecule has 5 rings (SSSR count). The zero-order valence-corrected chi connectivity index (χ0v) is 20.7. The Bertz CT molecular complexity index is 1330. The maximum Gasteiger partial charge on any atom is 0.297 e. The summed E-state index contributed by atoms with van der Waals surface area (Å²) in [6.07, 6.45) is 0.900. The maximum absolute atomic E-state index is 12.7. The lowest BCUT2D eigenvalue weighted by Gasteiger charge is -2.24. The number of aromatic nitrogens is 4. The van der Waals surface area contributed by atoms with Gasteiger partial charge < -0.3 is 19.9 Å². The number of nitrogens with two attached hydrogens (primary N) is 1. The predicted octanol–water partition coefficient (Wildman–Crippen LogP) is 2.26. The molecule has 13 heteroatoms. The Morgan fingerprint density at radius 3 is 2.59 bits per heavy atom. The number of imidazole rings is 1. The molecule has 2 N–H and O–H groups in total. The molecule has 0 amide bonds. The molecule has 2 aliphatic rings. The van der Waals surface area contributed by atoms with Crippen molar-refractivity contribution in [3.8, 4) is 0 Å². The van der Waals surface area contributed by atoms with Crippen LogP contribution in [0.15, 0.2) is 40.6 Å². The van der Waals surface area contributed by atoms with Gasteiger partial charge in [-0.1, -0.05) is 29.5 Å². The molecule has 182 valence electrons. The molecule has 0 unspecified atom stereocenters. The highest BCUT2D eigenvalue weighted by Gasteiger charge is 2.56. The van der Waals surface area contributed by atoms with E-state index >= 15 is 0 Å². The van der Waals surface area contributed by atoms with Crippen LogP contribution in [-0.4, -0.2) is 64.9 Å². The number of nitrogen functional groups attached to an aromatic ring is 1. The summed E-state index contributed by atoms with van der Waals surface area (Å²) in [6, 6.07) is 6.45. The Morgan fingerprint density at radius 1 is 1.18 bits per heavy atom. The number of hydrogen-bond donors (Lipinski definition) is 1. The van der Waals surface area contributed by atoms with Gasteiger partial charge in [0.2, 0.25) is 0 Å². The van der Waals surface area contributed by atoms with E-state index in [1.54, 1.807) is 36.9 Å². The molecule has 11 nitrogen and oxygen atoms in total. The first-order chi connectivity index (χ1) is 16.1. The molecule has 34 heavy (non-hydrogen) atoms. The summed E-state index contributed by atoms with van der Waals surface area (Å²) in [6.45, 7) is 5.22. The van der Waals surface area contributed by atoms with Crippen LogP contribution < -0.4 is 5.73 Å². The molecule has 2 aliphatic heterocycles. The second-order valence-electron chi connectivity index (χ2n) is 8.60. The van der Waals surface area contributed by atoms with Crippen LogP contribution in [0.3, 0.4) is 0 Å². The van der Waals surface area contributed by atoms with Gasteiger partial charge in [-0.05, 0) is 39.2 Å². The Kier molecular flexibility index (Phi) is 5.81. The van der Waals surface area contributed by atoms with Gasteiger partial charge in [0.05, 0.1) is 17.8 Å². The lowest BCUT2D eigenvalue weighted by atomic mass is 10.1. The van der Waals surface area contributed by atoms with Gasteiger partial charge in [-0.25, -0.2) is 15.0 Å². The Labute approximate surface area is 201 Å². The van der Waals surface area contributed by atoms with Crippen molar-refractivity contribution in [1.82, 2.24) is 19.5 Å². The topological polar surface area (TPSA) is 141 Å². The minimum atomic E-state index is -3.98. The molecule has 0 bridgehead atoms. The second-order valence-corrected chi connectivity index (χ2v) is 11.0. The second kappa shape index (κ2) is 8.43. The number of thioether (sulfide) groups is 1. The van der Waals surface area contributed by atoms with Gasteiger partial charge >= 0.3 is 0 Å². The number of benzene rings is 1. The lowest BCUT2D eigenvalue weighted by molar-refractivity contribution is -0.198. The summed E-state index contributed by atoms with van der Waals surface area (Å²) in [5.74, 6) is -0.629. The molecule has 0 radical (unpaired) electrons. The Hall–Kier alpha value is -2.29. The van der Waals surface area contributed by atoms with Crippen molar-refractivity contribution in [2.75, 3.05) is 18.6 Å². The van der Waals surface area contributed by atoms with Crippen molar-refractivity contribution >= 4 is 38.9 Å². The van der Waals surface area contributed by atoms with Crippen molar-refractivity contribution in [2.24, 2.45) is 0 Å². The highest BCUT2D eigenvalue weighted by molar-refractivity contribution is 7.98. The van der Waals surface area contributed by atoms with Gasteiger partial charge in [0.25, 0.3) is 10.1 Å². The number of hydrogen-bond acceptors (Lipinski definition) is 11. The largest absolute Gasteiger partial charge is 0.382 e. The molecule has 0 spiro atoms. The molecular weight excluding hydrogens is 482 g/mol. The third-order valence-electron chi connectivity index (χ3n) is 5.71. The van der Waals surface area contributed by atoms with Gasteiger partial charge in [0, 0.05) is 0 Å². The fourth-order valence-corrected chi connectivity index (χ4v) is 5.43. The summed E-state index contributed by atoms with van der Waals surface area (Å²) >= 11 is 1.35. The van der Waals surface area contributed by atoms with E-state index in [1.807, 2.05) is 13.2 Å². The number of aryl methyl sites for hydroxylation is 1. The Balaban J connectivity index is 1.43. The van der Waals surface area contributed by atoms with Crippen LogP contribution in [0.2, 0.25) is 0 Å². The Morgan fingerprint density at radius 2 is 1.88 bits per heavy atom. The highest BCUT2D eigenvalue weighted by atomic mass is 32.2. The van der Waals surface area contributed by atoms with E-state index in [9.17, 15) is 8.42 Å². The SMILES string of the molecule is CSc1nc(N)c2ncn([C@@H]3O[C@H](COS(=O)(=O)c4ccc(C)cc4)[C@H]4OC(C)(C)O[C@H]43)c2n1. The molecular formula is C21H25N5O6S2. The molecule has 4 atom stereocenters. The van der Waals surface area contributed by atoms with Crippen LogP contribution in [0.5, 0.6) is 0 Å². The van der Waals surface area contributed by atoms with Crippen LogP contribution in [0.4, 0.5) is 5.82 Å². The van der Waals surface area contributed by atoms with Crippen LogP contribution in [0.25, 0.3) is 11.2 Å². The minimum Gasteiger partial charge on any atom is -0.382 e. The third kappa shape index (κ3) is 4.16. The number of anilines is 1. The van der Waals surface area contributed by atoms with Crippen LogP contribution >= 0.6 is 11.8 Å². The quantitative estimate of drug-likeness (QED) is 0.298. The summed E-state index contributed by atoms with van der Waals surface area (Å²) in [5, 5.41) is 0.495. The normalized spacial score (nSPS) is 26.2. The maximum atomic E-state index is 12.7. The molecule has 0 aliphatic carbocycles. The van der Waals surface area contributed by atoms with Gasteiger partial charge in [-0.15, -0.1) is 0 Å². The number of fused-ring (bicyclic) bond motifs is 2. The van der Waals surface area contributed by atoms with Crippen molar-refractivity contribution < 1.29 is 26.8 Å². The van der Waals surface area contributed by atoms with Gasteiger partial charge in [-0.3, -0.25) is 8.75 Å². The monoisotopic (exact) mass is 507 g/mol. The van der Waals surface area contributed by atoms with E-state index in [0.29, 0.717) is 16.3 Å². The van der Waals surface area contributed by atoms with Crippen molar-refractivity contribution in [3.63, 3.8) is 0 Å². The van der Waals surface area contributed by atoms with E-state index in [1.165, 1.54) is 23.9 Å². The zero-order chi connectivity index (χ0) is 24.3. The molecule has 2 aromatic heterocycles. The summed E-state index contributed by atoms with van der Waals surface area (Å²) < 4.78 is 50.9. The van der Waals surface area contributed by atoms with E-state index < -0.39 is 40.4 Å². The number of ether oxygens (including phenoxy) is 3. The zero-order valence-electron chi connectivity index (χ0n) is 19.0. The third-order valence-corrected chi connectivity index (χ3v) is 7.55. The standard InChI is InChI=1S/C21H25N5O6S2/c1-11-5-7-12(8-6-11)34(27,28)29-9-13-15-16(32-21(2,3)31-15)19(30-13)26-10-23-14-17(22)24-20(33-4)25-18(14)26/h5-8,10,13,15-16,19H,9H2,1-4H3,(H2,22,24,25)/t13-,15-,16-,19-/m1/s1. The van der Waals surface area contributed by atoms with Gasteiger partial charge in [-0.2, -0.15) is 8.42 Å². The smallest absolute Gasteiger partial charge is 0.297 e. The minimum absolute atomic E-state index is 0.0745. The highest BCUT2D eigenvalue weighted by Crippen LogP contribution is 2.44. The van der Waals surface area contributed by atoms with Crippen LogP contribution in [0.1, 0.15) is 25.6 Å². The first-order valence-corrected chi connectivity index (χ1v) is 13.2. The lowest BCUT2D eigenvalue weighted by Crippen LogP contribution is -2.33. The summed E-state index contributed by atoms with van der Waals surface area (Å²) in [7, 11) is -3.98. The fraction of sp³-hybridized carbons (Fsp3) is 0.476.